The summed E-state index contributed by atoms with van der Waals surface area (Å²) in [6.07, 6.45) is 0.599. The van der Waals surface area contributed by atoms with Gasteiger partial charge in [-0.25, -0.2) is 9.24 Å². The lowest BCUT2D eigenvalue weighted by Gasteiger charge is -2.29. The van der Waals surface area contributed by atoms with Gasteiger partial charge >= 0.3 is 0 Å². The van der Waals surface area contributed by atoms with Crippen LogP contribution in [-0.2, 0) is 4.79 Å². The standard InChI is InChI=1S/C29H28FN3O2S/c1-19-20(2)26(15-14-25(19)31-5)33-27(34)29(3,4)32(28(33)36)16-9-17-35-22-12-13-23(24(30)18-22)21-10-7-6-8-11-21/h6-8,10-15,18H,9,16-17H2,1-4H3. The highest BCUT2D eigenvalue weighted by Crippen LogP contribution is 2.37. The summed E-state index contributed by atoms with van der Waals surface area (Å²) in [5, 5.41) is 0.432. The second-order valence-electron chi connectivity index (χ2n) is 9.31. The summed E-state index contributed by atoms with van der Waals surface area (Å²) in [7, 11) is 0. The van der Waals surface area contributed by atoms with Crippen LogP contribution >= 0.6 is 12.2 Å². The molecule has 0 atom stereocenters. The molecule has 1 saturated heterocycles. The van der Waals surface area contributed by atoms with Crippen molar-refractivity contribution in [2.75, 3.05) is 18.1 Å². The minimum Gasteiger partial charge on any atom is -0.493 e. The van der Waals surface area contributed by atoms with E-state index in [-0.39, 0.29) is 11.7 Å². The Balaban J connectivity index is 1.42. The number of rotatable bonds is 7. The average Bonchev–Trinajstić information content (AvgIpc) is 3.03. The maximum Gasteiger partial charge on any atom is 0.258 e. The monoisotopic (exact) mass is 501 g/mol. The normalized spacial score (nSPS) is 14.8. The predicted octanol–water partition coefficient (Wildman–Crippen LogP) is 6.84. The van der Waals surface area contributed by atoms with Gasteiger partial charge in [0.05, 0.1) is 18.9 Å². The molecule has 0 aromatic heterocycles. The second kappa shape index (κ2) is 10.1. The first-order chi connectivity index (χ1) is 17.2. The molecule has 1 aliphatic rings. The molecule has 5 nitrogen and oxygen atoms in total. The second-order valence-corrected chi connectivity index (χ2v) is 9.67. The molecule has 1 aliphatic heterocycles. The molecule has 0 N–H and O–H groups in total. The Labute approximate surface area is 216 Å². The molecule has 3 aromatic carbocycles. The maximum absolute atomic E-state index is 14.6. The first-order valence-corrected chi connectivity index (χ1v) is 12.2. The number of benzene rings is 3. The van der Waals surface area contributed by atoms with Crippen LogP contribution < -0.4 is 9.64 Å². The van der Waals surface area contributed by atoms with Crippen molar-refractivity contribution in [3.63, 3.8) is 0 Å². The lowest BCUT2D eigenvalue weighted by molar-refractivity contribution is -0.123. The fourth-order valence-corrected chi connectivity index (χ4v) is 4.93. The third kappa shape index (κ3) is 4.57. The number of carbonyl (C=O) groups excluding carboxylic acids is 1. The number of hydrogen-bond donors (Lipinski definition) is 0. The summed E-state index contributed by atoms with van der Waals surface area (Å²) in [5.41, 5.74) is 3.50. The minimum absolute atomic E-state index is 0.106. The SMILES string of the molecule is [C-]#[N+]c1ccc(N2C(=O)C(C)(C)N(CCCOc3ccc(-c4ccccc4)c(F)c3)C2=S)c(C)c1C. The van der Waals surface area contributed by atoms with Crippen molar-refractivity contribution in [2.45, 2.75) is 39.7 Å². The Morgan fingerprint density at radius 3 is 2.44 bits per heavy atom. The molecule has 0 radical (unpaired) electrons. The highest BCUT2D eigenvalue weighted by atomic mass is 32.1. The Bertz CT molecular complexity index is 1360. The summed E-state index contributed by atoms with van der Waals surface area (Å²) in [4.78, 5) is 20.4. The lowest BCUT2D eigenvalue weighted by Crippen LogP contribution is -2.44. The smallest absolute Gasteiger partial charge is 0.258 e. The van der Waals surface area contributed by atoms with Crippen molar-refractivity contribution >= 4 is 34.6 Å². The predicted molar refractivity (Wildman–Crippen MR) is 145 cm³/mol. The largest absolute Gasteiger partial charge is 0.493 e. The quantitative estimate of drug-likeness (QED) is 0.202. The molecular formula is C29H28FN3O2S. The zero-order valence-corrected chi connectivity index (χ0v) is 21.7. The van der Waals surface area contributed by atoms with Crippen LogP contribution in [-0.4, -0.2) is 34.6 Å². The molecule has 3 aromatic rings. The van der Waals surface area contributed by atoms with Gasteiger partial charge in [-0.05, 0) is 81.2 Å². The molecule has 36 heavy (non-hydrogen) atoms. The van der Waals surface area contributed by atoms with Crippen LogP contribution in [0.5, 0.6) is 5.75 Å². The van der Waals surface area contributed by atoms with Crippen molar-refractivity contribution < 1.29 is 13.9 Å². The van der Waals surface area contributed by atoms with E-state index in [2.05, 4.69) is 4.85 Å². The van der Waals surface area contributed by atoms with Crippen molar-refractivity contribution in [3.8, 4) is 16.9 Å². The zero-order chi connectivity index (χ0) is 26.0. The van der Waals surface area contributed by atoms with Crippen LogP contribution in [0.25, 0.3) is 16.0 Å². The first-order valence-electron chi connectivity index (χ1n) is 11.8. The van der Waals surface area contributed by atoms with E-state index in [0.29, 0.717) is 47.4 Å². The van der Waals surface area contributed by atoms with E-state index < -0.39 is 5.54 Å². The number of ether oxygens (including phenoxy) is 1. The van der Waals surface area contributed by atoms with Gasteiger partial charge in [0, 0.05) is 18.2 Å². The van der Waals surface area contributed by atoms with E-state index in [1.807, 2.05) is 62.9 Å². The van der Waals surface area contributed by atoms with Crippen LogP contribution in [0.2, 0.25) is 0 Å². The van der Waals surface area contributed by atoms with Crippen LogP contribution in [0, 0.1) is 26.2 Å². The van der Waals surface area contributed by atoms with Gasteiger partial charge in [0.25, 0.3) is 5.91 Å². The van der Waals surface area contributed by atoms with E-state index in [9.17, 15) is 9.18 Å². The molecule has 1 heterocycles. The summed E-state index contributed by atoms with van der Waals surface area (Å²) in [6, 6.07) is 17.8. The van der Waals surface area contributed by atoms with Crippen molar-refractivity contribution in [1.82, 2.24) is 4.90 Å². The van der Waals surface area contributed by atoms with Gasteiger partial charge in [-0.2, -0.15) is 0 Å². The first kappa shape index (κ1) is 25.3. The molecule has 0 spiro atoms. The van der Waals surface area contributed by atoms with E-state index in [1.165, 1.54) is 6.07 Å². The van der Waals surface area contributed by atoms with Crippen LogP contribution in [0.1, 0.15) is 31.4 Å². The van der Waals surface area contributed by atoms with Gasteiger partial charge in [0.2, 0.25) is 0 Å². The fraction of sp³-hybridized carbons (Fsp3) is 0.276. The minimum atomic E-state index is -0.820. The van der Waals surface area contributed by atoms with Crippen LogP contribution in [0.4, 0.5) is 15.8 Å². The molecule has 7 heteroatoms. The van der Waals surface area contributed by atoms with E-state index in [4.69, 9.17) is 23.5 Å². The third-order valence-electron chi connectivity index (χ3n) is 6.73. The topological polar surface area (TPSA) is 37.1 Å². The van der Waals surface area contributed by atoms with E-state index in [1.54, 1.807) is 29.2 Å². The number of carbonyl (C=O) groups is 1. The van der Waals surface area contributed by atoms with Gasteiger partial charge in [-0.3, -0.25) is 9.69 Å². The molecule has 4 rings (SSSR count). The zero-order valence-electron chi connectivity index (χ0n) is 20.8. The van der Waals surface area contributed by atoms with Crippen LogP contribution in [0.3, 0.4) is 0 Å². The number of halogens is 1. The number of hydrogen-bond acceptors (Lipinski definition) is 3. The fourth-order valence-electron chi connectivity index (χ4n) is 4.43. The Morgan fingerprint density at radius 1 is 1.06 bits per heavy atom. The van der Waals surface area contributed by atoms with E-state index >= 15 is 0 Å². The molecule has 0 unspecified atom stereocenters. The summed E-state index contributed by atoms with van der Waals surface area (Å²) in [5.74, 6) is 0.0147. The van der Waals surface area contributed by atoms with Crippen LogP contribution in [0.15, 0.2) is 60.7 Å². The Morgan fingerprint density at radius 2 is 1.78 bits per heavy atom. The van der Waals surface area contributed by atoms with Gasteiger partial charge in [-0.15, -0.1) is 0 Å². The lowest BCUT2D eigenvalue weighted by atomic mass is 10.0. The summed E-state index contributed by atoms with van der Waals surface area (Å²) < 4.78 is 20.4. The molecule has 0 bridgehead atoms. The van der Waals surface area contributed by atoms with E-state index in [0.717, 1.165) is 16.7 Å². The molecular weight excluding hydrogens is 473 g/mol. The Hall–Kier alpha value is -3.76. The van der Waals surface area contributed by atoms with Gasteiger partial charge in [0.1, 0.15) is 17.1 Å². The average molecular weight is 502 g/mol. The number of nitrogens with zero attached hydrogens (tertiary/aromatic N) is 3. The summed E-state index contributed by atoms with van der Waals surface area (Å²) >= 11 is 5.74. The molecule has 184 valence electrons. The maximum atomic E-state index is 14.6. The number of anilines is 1. The molecule has 1 amide bonds. The highest BCUT2D eigenvalue weighted by molar-refractivity contribution is 7.80. The molecule has 0 saturated carbocycles. The van der Waals surface area contributed by atoms with Gasteiger partial charge in [-0.1, -0.05) is 36.4 Å². The number of amides is 1. The van der Waals surface area contributed by atoms with Gasteiger partial charge in [0.15, 0.2) is 10.8 Å². The van der Waals surface area contributed by atoms with Gasteiger partial charge < -0.3 is 9.64 Å². The van der Waals surface area contributed by atoms with Crippen molar-refractivity contribution in [2.24, 2.45) is 0 Å². The highest BCUT2D eigenvalue weighted by Gasteiger charge is 2.49. The van der Waals surface area contributed by atoms with Crippen molar-refractivity contribution in [3.05, 3.63) is 89.0 Å². The molecule has 1 fully saturated rings. The third-order valence-corrected chi connectivity index (χ3v) is 7.14. The van der Waals surface area contributed by atoms with Crippen molar-refractivity contribution in [1.29, 1.82) is 0 Å². The Kier molecular flexibility index (Phi) is 7.09. The number of thiocarbonyl (C=S) groups is 1. The molecule has 0 aliphatic carbocycles. The summed E-state index contributed by atoms with van der Waals surface area (Å²) in [6.45, 7) is 15.7.